The van der Waals surface area contributed by atoms with Crippen LogP contribution in [0, 0.1) is 0 Å². The number of anilines is 1. The lowest BCUT2D eigenvalue weighted by Crippen LogP contribution is -2.15. The van der Waals surface area contributed by atoms with Gasteiger partial charge < -0.3 is 10.1 Å². The van der Waals surface area contributed by atoms with Gasteiger partial charge in [0.2, 0.25) is 0 Å². The Bertz CT molecular complexity index is 631. The van der Waals surface area contributed by atoms with Gasteiger partial charge in [-0.2, -0.15) is 5.10 Å². The molecule has 0 unspecified atom stereocenters. The molecule has 1 N–H and O–H groups in total. The normalized spacial score (nSPS) is 13.9. The van der Waals surface area contributed by atoms with Crippen molar-refractivity contribution < 1.29 is 4.74 Å². The number of rotatable bonds is 4. The molecule has 0 spiro atoms. The number of nitrogens with one attached hydrogen (secondary N) is 1. The molecule has 1 aromatic carbocycles. The molecule has 1 aromatic heterocycles. The lowest BCUT2D eigenvalue weighted by atomic mass is 9.97. The van der Waals surface area contributed by atoms with E-state index in [4.69, 9.17) is 4.74 Å². The van der Waals surface area contributed by atoms with Gasteiger partial charge in [0.1, 0.15) is 0 Å². The standard InChI is InChI=1S/C17H23N3O/c1-12(2)20-15(16(21-3)11-19-20)10-14-7-4-6-13-8-5-9-18-17(13)14/h4,6-7,11-12,18H,5,8-10H2,1-3H3. The maximum atomic E-state index is 5.49. The zero-order valence-corrected chi connectivity index (χ0v) is 13.0. The van der Waals surface area contributed by atoms with E-state index in [-0.39, 0.29) is 0 Å². The minimum absolute atomic E-state index is 0.330. The first-order valence-electron chi connectivity index (χ1n) is 7.65. The molecule has 0 atom stereocenters. The molecule has 0 saturated carbocycles. The number of benzene rings is 1. The van der Waals surface area contributed by atoms with E-state index < -0.39 is 0 Å². The average molecular weight is 285 g/mol. The Morgan fingerprint density at radius 1 is 1.38 bits per heavy atom. The summed E-state index contributed by atoms with van der Waals surface area (Å²) in [4.78, 5) is 0. The van der Waals surface area contributed by atoms with Crippen LogP contribution in [0.1, 0.15) is 43.1 Å². The number of nitrogens with zero attached hydrogens (tertiary/aromatic N) is 2. The fourth-order valence-corrected chi connectivity index (χ4v) is 3.06. The first-order chi connectivity index (χ1) is 10.2. The summed E-state index contributed by atoms with van der Waals surface area (Å²) in [6, 6.07) is 6.91. The maximum absolute atomic E-state index is 5.49. The van der Waals surface area contributed by atoms with Crippen molar-refractivity contribution in [2.45, 2.75) is 39.2 Å². The summed E-state index contributed by atoms with van der Waals surface area (Å²) in [6.07, 6.45) is 5.04. The molecule has 4 nitrogen and oxygen atoms in total. The van der Waals surface area contributed by atoms with Crippen molar-refractivity contribution in [2.75, 3.05) is 19.0 Å². The molecular formula is C17H23N3O. The lowest BCUT2D eigenvalue weighted by Gasteiger charge is -2.22. The van der Waals surface area contributed by atoms with Crippen LogP contribution < -0.4 is 10.1 Å². The molecule has 0 saturated heterocycles. The summed E-state index contributed by atoms with van der Waals surface area (Å²) in [5.41, 5.74) is 5.21. The summed E-state index contributed by atoms with van der Waals surface area (Å²) in [7, 11) is 1.71. The van der Waals surface area contributed by atoms with E-state index in [0.29, 0.717) is 6.04 Å². The van der Waals surface area contributed by atoms with Crippen molar-refractivity contribution >= 4 is 5.69 Å². The number of ether oxygens (including phenoxy) is 1. The van der Waals surface area contributed by atoms with E-state index in [1.807, 2.05) is 6.20 Å². The summed E-state index contributed by atoms with van der Waals surface area (Å²) in [6.45, 7) is 5.36. The van der Waals surface area contributed by atoms with Gasteiger partial charge >= 0.3 is 0 Å². The highest BCUT2D eigenvalue weighted by Crippen LogP contribution is 2.31. The Balaban J connectivity index is 1.99. The summed E-state index contributed by atoms with van der Waals surface area (Å²) in [5.74, 6) is 0.872. The predicted molar refractivity (Wildman–Crippen MR) is 85.2 cm³/mol. The monoisotopic (exact) mass is 285 g/mol. The zero-order chi connectivity index (χ0) is 14.8. The highest BCUT2D eigenvalue weighted by Gasteiger charge is 2.18. The molecule has 0 amide bonds. The zero-order valence-electron chi connectivity index (χ0n) is 13.0. The van der Waals surface area contributed by atoms with Crippen LogP contribution in [0.25, 0.3) is 0 Å². The minimum atomic E-state index is 0.330. The molecular weight excluding hydrogens is 262 g/mol. The van der Waals surface area contributed by atoms with E-state index in [1.165, 1.54) is 23.2 Å². The predicted octanol–water partition coefficient (Wildman–Crippen LogP) is 3.42. The molecule has 4 heteroatoms. The topological polar surface area (TPSA) is 39.1 Å². The summed E-state index contributed by atoms with van der Waals surface area (Å²) in [5, 5.41) is 8.03. The second-order valence-electron chi connectivity index (χ2n) is 5.86. The van der Waals surface area contributed by atoms with E-state index in [9.17, 15) is 0 Å². The molecule has 1 aliphatic heterocycles. The van der Waals surface area contributed by atoms with Gasteiger partial charge in [-0.3, -0.25) is 4.68 Å². The summed E-state index contributed by atoms with van der Waals surface area (Å²) >= 11 is 0. The second-order valence-corrected chi connectivity index (χ2v) is 5.86. The Labute approximate surface area is 126 Å². The van der Waals surface area contributed by atoms with Gasteiger partial charge in [-0.05, 0) is 37.8 Å². The molecule has 1 aliphatic rings. The van der Waals surface area contributed by atoms with Crippen LogP contribution in [-0.4, -0.2) is 23.4 Å². The minimum Gasteiger partial charge on any atom is -0.493 e. The molecule has 0 bridgehead atoms. The van der Waals surface area contributed by atoms with Crippen molar-refractivity contribution in [1.82, 2.24) is 9.78 Å². The van der Waals surface area contributed by atoms with Crippen LogP contribution in [0.3, 0.4) is 0 Å². The molecule has 0 aliphatic carbocycles. The van der Waals surface area contributed by atoms with E-state index in [0.717, 1.165) is 30.8 Å². The quantitative estimate of drug-likeness (QED) is 0.935. The Morgan fingerprint density at radius 3 is 3.00 bits per heavy atom. The van der Waals surface area contributed by atoms with Gasteiger partial charge in [0.05, 0.1) is 19.0 Å². The van der Waals surface area contributed by atoms with Crippen LogP contribution in [0.4, 0.5) is 5.69 Å². The molecule has 2 aromatic rings. The fourth-order valence-electron chi connectivity index (χ4n) is 3.06. The average Bonchev–Trinajstić information content (AvgIpc) is 2.90. The lowest BCUT2D eigenvalue weighted by molar-refractivity contribution is 0.406. The van der Waals surface area contributed by atoms with Crippen molar-refractivity contribution in [3.8, 4) is 5.75 Å². The number of fused-ring (bicyclic) bond motifs is 1. The van der Waals surface area contributed by atoms with E-state index in [1.54, 1.807) is 7.11 Å². The van der Waals surface area contributed by atoms with Crippen LogP contribution in [0.2, 0.25) is 0 Å². The van der Waals surface area contributed by atoms with Gasteiger partial charge in [0, 0.05) is 24.7 Å². The van der Waals surface area contributed by atoms with Gasteiger partial charge in [0.25, 0.3) is 0 Å². The summed E-state index contributed by atoms with van der Waals surface area (Å²) < 4.78 is 7.55. The SMILES string of the molecule is COc1cnn(C(C)C)c1Cc1cccc2c1NCCC2. The molecule has 21 heavy (non-hydrogen) atoms. The molecule has 2 heterocycles. The smallest absolute Gasteiger partial charge is 0.160 e. The molecule has 112 valence electrons. The van der Waals surface area contributed by atoms with Gasteiger partial charge in [0.15, 0.2) is 5.75 Å². The third-order valence-corrected chi connectivity index (χ3v) is 4.09. The number of aryl methyl sites for hydroxylation is 1. The Hall–Kier alpha value is -1.97. The van der Waals surface area contributed by atoms with Crippen molar-refractivity contribution in [3.63, 3.8) is 0 Å². The van der Waals surface area contributed by atoms with Crippen LogP contribution >= 0.6 is 0 Å². The molecule has 3 rings (SSSR count). The van der Waals surface area contributed by atoms with Crippen LogP contribution in [0.5, 0.6) is 5.75 Å². The molecule has 0 radical (unpaired) electrons. The van der Waals surface area contributed by atoms with Gasteiger partial charge in [-0.25, -0.2) is 0 Å². The van der Waals surface area contributed by atoms with Crippen molar-refractivity contribution in [2.24, 2.45) is 0 Å². The van der Waals surface area contributed by atoms with E-state index in [2.05, 4.69) is 47.1 Å². The maximum Gasteiger partial charge on any atom is 0.160 e. The Kier molecular flexibility index (Phi) is 3.86. The highest BCUT2D eigenvalue weighted by atomic mass is 16.5. The van der Waals surface area contributed by atoms with Crippen LogP contribution in [0.15, 0.2) is 24.4 Å². The number of hydrogen-bond donors (Lipinski definition) is 1. The number of para-hydroxylation sites is 1. The Morgan fingerprint density at radius 2 is 2.24 bits per heavy atom. The second kappa shape index (κ2) is 5.80. The largest absolute Gasteiger partial charge is 0.493 e. The third kappa shape index (κ3) is 2.62. The van der Waals surface area contributed by atoms with Crippen molar-refractivity contribution in [1.29, 1.82) is 0 Å². The number of hydrogen-bond acceptors (Lipinski definition) is 3. The first-order valence-corrected chi connectivity index (χ1v) is 7.65. The first kappa shape index (κ1) is 14.0. The number of aromatic nitrogens is 2. The number of methoxy groups -OCH3 is 1. The van der Waals surface area contributed by atoms with Crippen molar-refractivity contribution in [3.05, 3.63) is 41.2 Å². The van der Waals surface area contributed by atoms with Gasteiger partial charge in [-0.15, -0.1) is 0 Å². The highest BCUT2D eigenvalue weighted by molar-refractivity contribution is 5.60. The molecule has 0 fully saturated rings. The van der Waals surface area contributed by atoms with Gasteiger partial charge in [-0.1, -0.05) is 18.2 Å². The van der Waals surface area contributed by atoms with Crippen LogP contribution in [-0.2, 0) is 12.8 Å². The third-order valence-electron chi connectivity index (χ3n) is 4.09. The van der Waals surface area contributed by atoms with E-state index >= 15 is 0 Å². The fraction of sp³-hybridized carbons (Fsp3) is 0.471.